The van der Waals surface area contributed by atoms with Crippen LogP contribution in [0.15, 0.2) is 54.6 Å². The Morgan fingerprint density at radius 3 is 2.14 bits per heavy atom. The number of amides is 1. The number of hydroxylamine groups is 1. The number of benzene rings is 2. The number of rotatable bonds is 13. The zero-order valence-electron chi connectivity index (χ0n) is 16.5. The molecule has 0 spiro atoms. The fourth-order valence-electron chi connectivity index (χ4n) is 2.91. The number of carbonyl (C=O) groups excluding carboxylic acids is 2. The van der Waals surface area contributed by atoms with E-state index in [-0.39, 0.29) is 18.3 Å². The van der Waals surface area contributed by atoms with Crippen LogP contribution in [0, 0.1) is 0 Å². The number of carbonyl (C=O) groups is 2. The van der Waals surface area contributed by atoms with Crippen molar-refractivity contribution >= 4 is 24.3 Å². The first kappa shape index (κ1) is 22.8. The number of nitrogens with one attached hydrogen (secondary N) is 1. The van der Waals surface area contributed by atoms with Crippen molar-refractivity contribution in [2.24, 2.45) is 0 Å². The molecule has 0 radical (unpaired) electrons. The van der Waals surface area contributed by atoms with Crippen LogP contribution in [0.3, 0.4) is 0 Å². The highest BCUT2D eigenvalue weighted by atomic mass is 16.6. The van der Waals surface area contributed by atoms with Crippen LogP contribution in [-0.4, -0.2) is 28.9 Å². The number of Topliss-reactive ketones (excluding diaryl/α,β-unsaturated/α-hetero) is 1. The summed E-state index contributed by atoms with van der Waals surface area (Å²) in [6.45, 7) is 0.205. The van der Waals surface area contributed by atoms with Gasteiger partial charge >= 0.3 is 7.12 Å². The predicted molar refractivity (Wildman–Crippen MR) is 112 cm³/mol. The molecule has 0 aliphatic carbocycles. The van der Waals surface area contributed by atoms with E-state index in [1.165, 1.54) is 0 Å². The quantitative estimate of drug-likeness (QED) is 0.273. The highest BCUT2D eigenvalue weighted by Crippen LogP contribution is 2.09. The maximum absolute atomic E-state index is 11.9. The Kier molecular flexibility index (Phi) is 10.1. The Balaban J connectivity index is 1.47. The van der Waals surface area contributed by atoms with Crippen molar-refractivity contribution in [1.82, 2.24) is 5.48 Å². The zero-order valence-corrected chi connectivity index (χ0v) is 16.5. The number of hydrogen-bond donors (Lipinski definition) is 3. The summed E-state index contributed by atoms with van der Waals surface area (Å²) in [5, 5.41) is 18.1. The van der Waals surface area contributed by atoms with Gasteiger partial charge in [0.15, 0.2) is 0 Å². The number of ketones is 1. The summed E-state index contributed by atoms with van der Waals surface area (Å²) >= 11 is 0. The van der Waals surface area contributed by atoms with E-state index in [4.69, 9.17) is 14.9 Å². The third kappa shape index (κ3) is 9.52. The Bertz CT molecular complexity index is 750. The van der Waals surface area contributed by atoms with E-state index in [1.54, 1.807) is 24.3 Å². The summed E-state index contributed by atoms with van der Waals surface area (Å²) in [7, 11) is -1.49. The fourth-order valence-corrected chi connectivity index (χ4v) is 2.91. The Hall–Kier alpha value is -2.48. The van der Waals surface area contributed by atoms with Crippen LogP contribution in [0.4, 0.5) is 0 Å². The lowest BCUT2D eigenvalue weighted by molar-refractivity contribution is -0.134. The van der Waals surface area contributed by atoms with Crippen LogP contribution in [0.25, 0.3) is 0 Å². The molecular weight excluding hydrogens is 369 g/mol. The van der Waals surface area contributed by atoms with Gasteiger partial charge in [-0.3, -0.25) is 14.4 Å². The number of hydrogen-bond acceptors (Lipinski definition) is 5. The molecule has 0 bridgehead atoms. The molecule has 154 valence electrons. The van der Waals surface area contributed by atoms with E-state index in [0.29, 0.717) is 24.7 Å². The maximum atomic E-state index is 11.9. The minimum absolute atomic E-state index is 0.174. The third-order valence-electron chi connectivity index (χ3n) is 4.56. The summed E-state index contributed by atoms with van der Waals surface area (Å²) < 4.78 is 0. The first-order valence-electron chi connectivity index (χ1n) is 9.96. The molecule has 0 saturated carbocycles. The van der Waals surface area contributed by atoms with Gasteiger partial charge in [0.2, 0.25) is 5.91 Å². The molecule has 0 unspecified atom stereocenters. The second-order valence-corrected chi connectivity index (χ2v) is 7.04. The van der Waals surface area contributed by atoms with Gasteiger partial charge < -0.3 is 10.0 Å². The molecule has 0 atom stereocenters. The summed E-state index contributed by atoms with van der Waals surface area (Å²) in [6, 6.07) is 16.4. The van der Waals surface area contributed by atoms with Gasteiger partial charge in [-0.1, -0.05) is 67.4 Å². The van der Waals surface area contributed by atoms with Gasteiger partial charge in [-0.25, -0.2) is 5.48 Å². The van der Waals surface area contributed by atoms with Crippen LogP contribution in [0.5, 0.6) is 0 Å². The van der Waals surface area contributed by atoms with Gasteiger partial charge in [0.25, 0.3) is 0 Å². The summed E-state index contributed by atoms with van der Waals surface area (Å²) in [6.07, 6.45) is 4.88. The topological polar surface area (TPSA) is 95.9 Å². The molecule has 6 nitrogen and oxygen atoms in total. The lowest BCUT2D eigenvalue weighted by Crippen LogP contribution is -2.29. The van der Waals surface area contributed by atoms with E-state index in [0.717, 1.165) is 36.8 Å². The Labute approximate surface area is 172 Å². The van der Waals surface area contributed by atoms with Gasteiger partial charge in [-0.05, 0) is 29.4 Å². The number of unbranched alkanes of at least 4 members (excludes halogenated alkanes) is 3. The SMILES string of the molecule is O=C(CCCCCCC(=O)NOCc1ccc(B(O)O)cc1)Cc1ccccc1. The smallest absolute Gasteiger partial charge is 0.423 e. The normalized spacial score (nSPS) is 10.6. The van der Waals surface area contributed by atoms with Crippen LogP contribution in [0.2, 0.25) is 0 Å². The molecule has 2 aromatic carbocycles. The van der Waals surface area contributed by atoms with Crippen LogP contribution in [-0.2, 0) is 27.5 Å². The lowest BCUT2D eigenvalue weighted by atomic mass is 9.80. The van der Waals surface area contributed by atoms with Gasteiger partial charge in [-0.2, -0.15) is 0 Å². The Morgan fingerprint density at radius 2 is 1.48 bits per heavy atom. The minimum atomic E-state index is -1.49. The molecule has 2 aromatic rings. The molecule has 0 saturated heterocycles. The predicted octanol–water partition coefficient (Wildman–Crippen LogP) is 2.07. The van der Waals surface area contributed by atoms with Crippen LogP contribution >= 0.6 is 0 Å². The van der Waals surface area contributed by atoms with E-state index >= 15 is 0 Å². The molecule has 0 aliphatic rings. The van der Waals surface area contributed by atoms with E-state index in [2.05, 4.69) is 5.48 Å². The molecule has 1 amide bonds. The van der Waals surface area contributed by atoms with Gasteiger partial charge in [0.05, 0.1) is 6.61 Å². The first-order chi connectivity index (χ1) is 14.0. The second kappa shape index (κ2) is 12.9. The zero-order chi connectivity index (χ0) is 20.9. The molecule has 0 heterocycles. The third-order valence-corrected chi connectivity index (χ3v) is 4.56. The van der Waals surface area contributed by atoms with Crippen molar-refractivity contribution in [2.75, 3.05) is 0 Å². The average Bonchev–Trinajstić information content (AvgIpc) is 2.71. The average molecular weight is 397 g/mol. The monoisotopic (exact) mass is 397 g/mol. The van der Waals surface area contributed by atoms with Crippen LogP contribution in [0.1, 0.15) is 49.7 Å². The summed E-state index contributed by atoms with van der Waals surface area (Å²) in [5.41, 5.74) is 4.68. The second-order valence-electron chi connectivity index (χ2n) is 7.04. The molecule has 29 heavy (non-hydrogen) atoms. The Morgan fingerprint density at radius 1 is 0.828 bits per heavy atom. The largest absolute Gasteiger partial charge is 0.488 e. The molecule has 2 rings (SSSR count). The van der Waals surface area contributed by atoms with Crippen molar-refractivity contribution in [3.63, 3.8) is 0 Å². The standard InChI is InChI=1S/C22H28BNO5/c25-21(16-18-8-4-3-5-9-18)10-6-1-2-7-11-22(26)24-29-17-19-12-14-20(15-13-19)23(27)28/h3-5,8-9,12-15,27-28H,1-2,6-7,10-11,16-17H2,(H,24,26). The summed E-state index contributed by atoms with van der Waals surface area (Å²) in [4.78, 5) is 28.9. The van der Waals surface area contributed by atoms with Crippen molar-refractivity contribution in [3.8, 4) is 0 Å². The first-order valence-corrected chi connectivity index (χ1v) is 9.96. The van der Waals surface area contributed by atoms with Crippen molar-refractivity contribution in [2.45, 2.75) is 51.6 Å². The molecule has 7 heteroatoms. The van der Waals surface area contributed by atoms with Crippen molar-refractivity contribution < 1.29 is 24.5 Å². The van der Waals surface area contributed by atoms with Crippen LogP contribution < -0.4 is 10.9 Å². The fraction of sp³-hybridized carbons (Fsp3) is 0.364. The lowest BCUT2D eigenvalue weighted by Gasteiger charge is -2.07. The minimum Gasteiger partial charge on any atom is -0.423 e. The van der Waals surface area contributed by atoms with E-state index < -0.39 is 7.12 Å². The summed E-state index contributed by atoms with van der Waals surface area (Å²) in [5.74, 6) is 0.0800. The van der Waals surface area contributed by atoms with Gasteiger partial charge in [0.1, 0.15) is 5.78 Å². The molecule has 0 fully saturated rings. The molecule has 3 N–H and O–H groups in total. The van der Waals surface area contributed by atoms with Gasteiger partial charge in [-0.15, -0.1) is 0 Å². The van der Waals surface area contributed by atoms with Crippen molar-refractivity contribution in [1.29, 1.82) is 0 Å². The van der Waals surface area contributed by atoms with Crippen molar-refractivity contribution in [3.05, 3.63) is 65.7 Å². The molecular formula is C22H28BNO5. The highest BCUT2D eigenvalue weighted by molar-refractivity contribution is 6.58. The van der Waals surface area contributed by atoms with Gasteiger partial charge in [0, 0.05) is 19.3 Å². The maximum Gasteiger partial charge on any atom is 0.488 e. The van der Waals surface area contributed by atoms with E-state index in [9.17, 15) is 9.59 Å². The highest BCUT2D eigenvalue weighted by Gasteiger charge is 2.10. The molecule has 0 aromatic heterocycles. The molecule has 0 aliphatic heterocycles. The van der Waals surface area contributed by atoms with E-state index in [1.807, 2.05) is 30.3 Å².